The lowest BCUT2D eigenvalue weighted by atomic mass is 10.2. The fourth-order valence-electron chi connectivity index (χ4n) is 1.78. The topological polar surface area (TPSA) is 38.3 Å². The molecular formula is C15H10BrF3INO2. The Hall–Kier alpha value is -1.29. The van der Waals surface area contributed by atoms with Crippen LogP contribution >= 0.6 is 38.5 Å². The van der Waals surface area contributed by atoms with Crippen molar-refractivity contribution in [3.8, 4) is 5.75 Å². The molecule has 1 amide bonds. The molecule has 0 saturated carbocycles. The second kappa shape index (κ2) is 7.52. The van der Waals surface area contributed by atoms with Gasteiger partial charge in [-0.3, -0.25) is 4.79 Å². The molecule has 23 heavy (non-hydrogen) atoms. The largest absolute Gasteiger partial charge is 0.573 e. The smallest absolute Gasteiger partial charge is 0.406 e. The summed E-state index contributed by atoms with van der Waals surface area (Å²) in [6, 6.07) is 10.6. The van der Waals surface area contributed by atoms with Gasteiger partial charge >= 0.3 is 6.36 Å². The van der Waals surface area contributed by atoms with E-state index in [9.17, 15) is 18.0 Å². The molecular weight excluding hydrogens is 490 g/mol. The molecule has 0 radical (unpaired) electrons. The standard InChI is InChI=1S/C15H10BrF3INO2/c16-11-5-10(6-12(20)7-11)14(22)21-8-9-1-3-13(4-2-9)23-15(17,18)19/h1-7H,8H2,(H,21,22). The van der Waals surface area contributed by atoms with Crippen LogP contribution in [0.1, 0.15) is 15.9 Å². The summed E-state index contributed by atoms with van der Waals surface area (Å²) in [5, 5.41) is 2.71. The highest BCUT2D eigenvalue weighted by molar-refractivity contribution is 14.1. The molecule has 0 unspecified atom stereocenters. The van der Waals surface area contributed by atoms with Crippen molar-refractivity contribution in [2.75, 3.05) is 0 Å². The van der Waals surface area contributed by atoms with Gasteiger partial charge in [0, 0.05) is 20.2 Å². The second-order valence-corrected chi connectivity index (χ2v) is 6.69. The van der Waals surface area contributed by atoms with Gasteiger partial charge in [0.1, 0.15) is 5.75 Å². The zero-order valence-corrected chi connectivity index (χ0v) is 15.2. The van der Waals surface area contributed by atoms with Crippen LogP contribution in [0.3, 0.4) is 0 Å². The van der Waals surface area contributed by atoms with Crippen LogP contribution in [-0.4, -0.2) is 12.3 Å². The second-order valence-electron chi connectivity index (χ2n) is 4.53. The van der Waals surface area contributed by atoms with Crippen molar-refractivity contribution in [1.29, 1.82) is 0 Å². The molecule has 0 spiro atoms. The fourth-order valence-corrected chi connectivity index (χ4v) is 3.37. The lowest BCUT2D eigenvalue weighted by Gasteiger charge is -2.10. The Labute approximate surface area is 152 Å². The number of carbonyl (C=O) groups excluding carboxylic acids is 1. The van der Waals surface area contributed by atoms with Crippen LogP contribution in [0.5, 0.6) is 5.75 Å². The molecule has 122 valence electrons. The van der Waals surface area contributed by atoms with E-state index in [1.165, 1.54) is 24.3 Å². The first kappa shape index (κ1) is 18.1. The van der Waals surface area contributed by atoms with E-state index < -0.39 is 6.36 Å². The van der Waals surface area contributed by atoms with Crippen molar-refractivity contribution in [3.63, 3.8) is 0 Å². The SMILES string of the molecule is O=C(NCc1ccc(OC(F)(F)F)cc1)c1cc(Br)cc(I)c1. The summed E-state index contributed by atoms with van der Waals surface area (Å²) < 4.78 is 41.7. The molecule has 0 atom stereocenters. The van der Waals surface area contributed by atoms with Gasteiger partial charge in [-0.05, 0) is 58.5 Å². The number of hydrogen-bond acceptors (Lipinski definition) is 2. The first-order chi connectivity index (χ1) is 10.7. The molecule has 8 heteroatoms. The number of benzene rings is 2. The number of alkyl halides is 3. The third-order valence-electron chi connectivity index (χ3n) is 2.73. The Morgan fingerprint density at radius 2 is 1.83 bits per heavy atom. The summed E-state index contributed by atoms with van der Waals surface area (Å²) in [6.07, 6.45) is -4.71. The van der Waals surface area contributed by atoms with Crippen LogP contribution in [0.15, 0.2) is 46.9 Å². The number of halogens is 5. The summed E-state index contributed by atoms with van der Waals surface area (Å²) in [6.45, 7) is 0.203. The van der Waals surface area contributed by atoms with Crippen LogP contribution in [0.2, 0.25) is 0 Å². The van der Waals surface area contributed by atoms with E-state index in [-0.39, 0.29) is 18.2 Å². The van der Waals surface area contributed by atoms with E-state index in [0.717, 1.165) is 8.04 Å². The van der Waals surface area contributed by atoms with Crippen LogP contribution in [0.4, 0.5) is 13.2 Å². The van der Waals surface area contributed by atoms with Crippen molar-refractivity contribution >= 4 is 44.4 Å². The molecule has 2 aromatic carbocycles. The predicted octanol–water partition coefficient (Wildman–Crippen LogP) is 4.88. The van der Waals surface area contributed by atoms with Gasteiger partial charge < -0.3 is 10.1 Å². The molecule has 0 aliphatic heterocycles. The first-order valence-electron chi connectivity index (χ1n) is 6.32. The Kier molecular flexibility index (Phi) is 5.90. The minimum absolute atomic E-state index is 0.203. The van der Waals surface area contributed by atoms with E-state index in [1.54, 1.807) is 12.1 Å². The Balaban J connectivity index is 1.96. The van der Waals surface area contributed by atoms with Crippen molar-refractivity contribution in [2.24, 2.45) is 0 Å². The lowest BCUT2D eigenvalue weighted by Crippen LogP contribution is -2.23. The van der Waals surface area contributed by atoms with Gasteiger partial charge in [-0.25, -0.2) is 0 Å². The molecule has 0 fully saturated rings. The molecule has 0 saturated heterocycles. The fraction of sp³-hybridized carbons (Fsp3) is 0.133. The number of rotatable bonds is 4. The van der Waals surface area contributed by atoms with Gasteiger partial charge in [-0.15, -0.1) is 13.2 Å². The average molecular weight is 500 g/mol. The number of nitrogens with one attached hydrogen (secondary N) is 1. The van der Waals surface area contributed by atoms with Gasteiger partial charge in [0.05, 0.1) is 0 Å². The molecule has 0 aliphatic carbocycles. The van der Waals surface area contributed by atoms with E-state index in [1.807, 2.05) is 6.07 Å². The molecule has 2 rings (SSSR count). The molecule has 0 aromatic heterocycles. The van der Waals surface area contributed by atoms with Crippen molar-refractivity contribution in [1.82, 2.24) is 5.32 Å². The summed E-state index contributed by atoms with van der Waals surface area (Å²) in [5.41, 5.74) is 1.17. The van der Waals surface area contributed by atoms with Gasteiger partial charge in [0.15, 0.2) is 0 Å². The molecule has 0 bridgehead atoms. The van der Waals surface area contributed by atoms with Crippen LogP contribution in [-0.2, 0) is 6.54 Å². The maximum Gasteiger partial charge on any atom is 0.573 e. The quantitative estimate of drug-likeness (QED) is 0.609. The first-order valence-corrected chi connectivity index (χ1v) is 8.19. The van der Waals surface area contributed by atoms with Crippen LogP contribution < -0.4 is 10.1 Å². The van der Waals surface area contributed by atoms with E-state index in [4.69, 9.17) is 0 Å². The Morgan fingerprint density at radius 3 is 2.39 bits per heavy atom. The minimum Gasteiger partial charge on any atom is -0.406 e. The number of hydrogen-bond donors (Lipinski definition) is 1. The monoisotopic (exact) mass is 499 g/mol. The lowest BCUT2D eigenvalue weighted by molar-refractivity contribution is -0.274. The molecule has 0 heterocycles. The Bertz CT molecular complexity index is 685. The minimum atomic E-state index is -4.71. The third-order valence-corrected chi connectivity index (χ3v) is 3.82. The predicted molar refractivity (Wildman–Crippen MR) is 91.2 cm³/mol. The summed E-state index contributed by atoms with van der Waals surface area (Å²) >= 11 is 5.42. The third kappa shape index (κ3) is 6.02. The van der Waals surface area contributed by atoms with Crippen molar-refractivity contribution < 1.29 is 22.7 Å². The molecule has 3 nitrogen and oxygen atoms in total. The van der Waals surface area contributed by atoms with Crippen LogP contribution in [0, 0.1) is 3.57 Å². The van der Waals surface area contributed by atoms with Crippen molar-refractivity contribution in [2.45, 2.75) is 12.9 Å². The molecule has 2 aromatic rings. The highest BCUT2D eigenvalue weighted by Gasteiger charge is 2.30. The molecule has 0 aliphatic rings. The van der Waals surface area contributed by atoms with Gasteiger partial charge in [0.25, 0.3) is 5.91 Å². The number of ether oxygens (including phenoxy) is 1. The molecule has 1 N–H and O–H groups in total. The van der Waals surface area contributed by atoms with Crippen LogP contribution in [0.25, 0.3) is 0 Å². The average Bonchev–Trinajstić information content (AvgIpc) is 2.43. The van der Waals surface area contributed by atoms with Gasteiger partial charge in [0.2, 0.25) is 0 Å². The van der Waals surface area contributed by atoms with E-state index >= 15 is 0 Å². The Morgan fingerprint density at radius 1 is 1.17 bits per heavy atom. The number of amides is 1. The van der Waals surface area contributed by atoms with Gasteiger partial charge in [-0.1, -0.05) is 28.1 Å². The summed E-state index contributed by atoms with van der Waals surface area (Å²) in [5.74, 6) is -0.561. The van der Waals surface area contributed by atoms with E-state index in [0.29, 0.717) is 11.1 Å². The normalized spacial score (nSPS) is 11.2. The van der Waals surface area contributed by atoms with E-state index in [2.05, 4.69) is 48.6 Å². The maximum absolute atomic E-state index is 12.1. The summed E-state index contributed by atoms with van der Waals surface area (Å²) in [4.78, 5) is 12.1. The number of carbonyl (C=O) groups is 1. The maximum atomic E-state index is 12.1. The zero-order valence-electron chi connectivity index (χ0n) is 11.5. The van der Waals surface area contributed by atoms with Gasteiger partial charge in [-0.2, -0.15) is 0 Å². The zero-order chi connectivity index (χ0) is 17.0. The van der Waals surface area contributed by atoms with Crippen molar-refractivity contribution in [3.05, 3.63) is 61.6 Å². The highest BCUT2D eigenvalue weighted by atomic mass is 127. The summed E-state index contributed by atoms with van der Waals surface area (Å²) in [7, 11) is 0. The highest BCUT2D eigenvalue weighted by Crippen LogP contribution is 2.23.